The summed E-state index contributed by atoms with van der Waals surface area (Å²) in [4.78, 5) is 7.42. The average Bonchev–Trinajstić information content (AvgIpc) is 2.85. The molecule has 0 spiro atoms. The number of halogens is 2. The minimum atomic E-state index is 0.117. The number of benzene rings is 1. The molecule has 0 amide bonds. The normalized spacial score (nSPS) is 12.6. The van der Waals surface area contributed by atoms with Crippen LogP contribution in [0.1, 0.15) is 24.1 Å². The van der Waals surface area contributed by atoms with Crippen molar-refractivity contribution in [3.8, 4) is 5.75 Å². The van der Waals surface area contributed by atoms with Gasteiger partial charge in [0.05, 0.1) is 23.0 Å². The summed E-state index contributed by atoms with van der Waals surface area (Å²) in [6.07, 6.45) is 1.67. The number of hydrogen-bond acceptors (Lipinski definition) is 2. The highest BCUT2D eigenvalue weighted by Crippen LogP contribution is 2.37. The largest absolute Gasteiger partial charge is 0.497 e. The number of H-pyrrole nitrogens is 1. The minimum absolute atomic E-state index is 0.117. The van der Waals surface area contributed by atoms with Gasteiger partial charge in [-0.25, -0.2) is 4.98 Å². The van der Waals surface area contributed by atoms with Crippen LogP contribution in [0, 0.1) is 0 Å². The van der Waals surface area contributed by atoms with Gasteiger partial charge in [-0.2, -0.15) is 0 Å². The number of aromatic nitrogens is 2. The van der Waals surface area contributed by atoms with E-state index >= 15 is 0 Å². The lowest BCUT2D eigenvalue weighted by Gasteiger charge is -2.11. The third kappa shape index (κ3) is 2.47. The van der Waals surface area contributed by atoms with Crippen LogP contribution in [0.25, 0.3) is 10.9 Å². The molecule has 0 radical (unpaired) electrons. The smallest absolute Gasteiger partial charge is 0.139 e. The number of rotatable bonds is 3. The third-order valence-electron chi connectivity index (χ3n) is 3.68. The van der Waals surface area contributed by atoms with E-state index in [1.165, 1.54) is 0 Å². The van der Waals surface area contributed by atoms with Gasteiger partial charge in [0.1, 0.15) is 10.9 Å². The van der Waals surface area contributed by atoms with Crippen LogP contribution in [0.2, 0.25) is 10.2 Å². The molecular formula is C16H14Cl2N2O. The quantitative estimate of drug-likeness (QED) is 0.687. The van der Waals surface area contributed by atoms with Crippen molar-refractivity contribution < 1.29 is 4.74 Å². The molecule has 0 aliphatic rings. The molecular weight excluding hydrogens is 307 g/mol. The summed E-state index contributed by atoms with van der Waals surface area (Å²) in [7, 11) is 1.65. The standard InChI is InChI=1S/C16H14Cl2N2O/c1-9(10-3-5-11(21-2)6-4-10)15-14(17)13-12(20-15)7-8-19-16(13)18/h3-9,20H,1-2H3. The third-order valence-corrected chi connectivity index (χ3v) is 4.36. The SMILES string of the molecule is COc1ccc(C(C)c2[nH]c3ccnc(Cl)c3c2Cl)cc1. The van der Waals surface area contributed by atoms with E-state index in [4.69, 9.17) is 27.9 Å². The first-order chi connectivity index (χ1) is 10.1. The summed E-state index contributed by atoms with van der Waals surface area (Å²) in [6, 6.07) is 9.82. The molecule has 0 saturated heterocycles. The number of methoxy groups -OCH3 is 1. The molecule has 3 nitrogen and oxygen atoms in total. The first-order valence-corrected chi connectivity index (χ1v) is 7.33. The van der Waals surface area contributed by atoms with Crippen LogP contribution in [-0.2, 0) is 0 Å². The first-order valence-electron chi connectivity index (χ1n) is 6.57. The van der Waals surface area contributed by atoms with E-state index in [1.807, 2.05) is 30.3 Å². The Morgan fingerprint density at radius 2 is 1.86 bits per heavy atom. The van der Waals surface area contributed by atoms with E-state index in [0.717, 1.165) is 27.9 Å². The molecule has 21 heavy (non-hydrogen) atoms. The van der Waals surface area contributed by atoms with Gasteiger partial charge in [-0.3, -0.25) is 0 Å². The zero-order chi connectivity index (χ0) is 15.0. The lowest BCUT2D eigenvalue weighted by atomic mass is 9.98. The number of fused-ring (bicyclic) bond motifs is 1. The van der Waals surface area contributed by atoms with Crippen molar-refractivity contribution in [3.05, 3.63) is 58.0 Å². The summed E-state index contributed by atoms with van der Waals surface area (Å²) >= 11 is 12.6. The van der Waals surface area contributed by atoms with E-state index in [9.17, 15) is 0 Å². The van der Waals surface area contributed by atoms with Gasteiger partial charge < -0.3 is 9.72 Å². The topological polar surface area (TPSA) is 37.9 Å². The van der Waals surface area contributed by atoms with Gasteiger partial charge in [0.25, 0.3) is 0 Å². The monoisotopic (exact) mass is 320 g/mol. The van der Waals surface area contributed by atoms with Crippen molar-refractivity contribution >= 4 is 34.1 Å². The van der Waals surface area contributed by atoms with Crippen LogP contribution >= 0.6 is 23.2 Å². The number of ether oxygens (including phenoxy) is 1. The minimum Gasteiger partial charge on any atom is -0.497 e. The van der Waals surface area contributed by atoms with Gasteiger partial charge in [0.15, 0.2) is 0 Å². The van der Waals surface area contributed by atoms with Crippen LogP contribution < -0.4 is 4.74 Å². The van der Waals surface area contributed by atoms with Crippen molar-refractivity contribution in [2.75, 3.05) is 7.11 Å². The van der Waals surface area contributed by atoms with Crippen LogP contribution in [0.3, 0.4) is 0 Å². The molecule has 5 heteroatoms. The summed E-state index contributed by atoms with van der Waals surface area (Å²) in [6.45, 7) is 2.10. The molecule has 2 heterocycles. The predicted molar refractivity (Wildman–Crippen MR) is 86.6 cm³/mol. The Labute approximate surface area is 132 Å². The summed E-state index contributed by atoms with van der Waals surface area (Å²) in [5, 5.41) is 1.82. The first kappa shape index (κ1) is 14.2. The second-order valence-corrected chi connectivity index (χ2v) is 5.61. The van der Waals surface area contributed by atoms with E-state index in [1.54, 1.807) is 13.3 Å². The second kappa shape index (κ2) is 5.58. The zero-order valence-electron chi connectivity index (χ0n) is 11.7. The summed E-state index contributed by atoms with van der Waals surface area (Å²) in [5.74, 6) is 0.952. The Morgan fingerprint density at radius 1 is 1.14 bits per heavy atom. The molecule has 0 saturated carbocycles. The Morgan fingerprint density at radius 3 is 2.48 bits per heavy atom. The van der Waals surface area contributed by atoms with Crippen molar-refractivity contribution in [1.82, 2.24) is 9.97 Å². The molecule has 1 atom stereocenters. The molecule has 2 aromatic heterocycles. The molecule has 1 unspecified atom stereocenters. The molecule has 3 aromatic rings. The van der Waals surface area contributed by atoms with Crippen LogP contribution in [0.5, 0.6) is 5.75 Å². The molecule has 1 aromatic carbocycles. The summed E-state index contributed by atoms with van der Waals surface area (Å²) < 4.78 is 5.18. The predicted octanol–water partition coefficient (Wildman–Crippen LogP) is 5.03. The van der Waals surface area contributed by atoms with Crippen LogP contribution in [-0.4, -0.2) is 17.1 Å². The van der Waals surface area contributed by atoms with Gasteiger partial charge in [-0.05, 0) is 23.8 Å². The molecule has 108 valence electrons. The highest BCUT2D eigenvalue weighted by Gasteiger charge is 2.19. The fourth-order valence-electron chi connectivity index (χ4n) is 2.44. The maximum atomic E-state index is 6.49. The van der Waals surface area contributed by atoms with Crippen molar-refractivity contribution in [1.29, 1.82) is 0 Å². The van der Waals surface area contributed by atoms with E-state index in [2.05, 4.69) is 16.9 Å². The highest BCUT2D eigenvalue weighted by molar-refractivity contribution is 6.42. The molecule has 3 rings (SSSR count). The lowest BCUT2D eigenvalue weighted by Crippen LogP contribution is -1.97. The molecule has 0 bridgehead atoms. The van der Waals surface area contributed by atoms with Gasteiger partial charge >= 0.3 is 0 Å². The van der Waals surface area contributed by atoms with Crippen molar-refractivity contribution in [2.45, 2.75) is 12.8 Å². The van der Waals surface area contributed by atoms with Crippen molar-refractivity contribution in [2.24, 2.45) is 0 Å². The number of aromatic amines is 1. The number of hydrogen-bond donors (Lipinski definition) is 1. The maximum Gasteiger partial charge on any atom is 0.139 e. The van der Waals surface area contributed by atoms with E-state index in [-0.39, 0.29) is 5.92 Å². The zero-order valence-corrected chi connectivity index (χ0v) is 13.2. The average molecular weight is 321 g/mol. The number of pyridine rings is 1. The van der Waals surface area contributed by atoms with Gasteiger partial charge in [-0.1, -0.05) is 42.3 Å². The Kier molecular flexibility index (Phi) is 3.79. The fourth-order valence-corrected chi connectivity index (χ4v) is 3.14. The molecule has 1 N–H and O–H groups in total. The molecule has 0 aliphatic heterocycles. The fraction of sp³-hybridized carbons (Fsp3) is 0.188. The second-order valence-electron chi connectivity index (χ2n) is 4.87. The lowest BCUT2D eigenvalue weighted by molar-refractivity contribution is 0.414. The van der Waals surface area contributed by atoms with Crippen LogP contribution in [0.15, 0.2) is 36.5 Å². The number of nitrogens with zero attached hydrogens (tertiary/aromatic N) is 1. The summed E-state index contributed by atoms with van der Waals surface area (Å²) in [5.41, 5.74) is 2.98. The van der Waals surface area contributed by atoms with E-state index in [0.29, 0.717) is 10.2 Å². The van der Waals surface area contributed by atoms with Gasteiger partial charge in [0, 0.05) is 17.8 Å². The van der Waals surface area contributed by atoms with Crippen molar-refractivity contribution in [3.63, 3.8) is 0 Å². The van der Waals surface area contributed by atoms with E-state index < -0.39 is 0 Å². The maximum absolute atomic E-state index is 6.49. The molecule has 0 fully saturated rings. The Balaban J connectivity index is 2.06. The van der Waals surface area contributed by atoms with Gasteiger partial charge in [0.2, 0.25) is 0 Å². The van der Waals surface area contributed by atoms with Gasteiger partial charge in [-0.15, -0.1) is 0 Å². The van der Waals surface area contributed by atoms with Crippen LogP contribution in [0.4, 0.5) is 0 Å². The number of nitrogens with one attached hydrogen (secondary N) is 1. The Hall–Kier alpha value is -1.71. The molecule has 0 aliphatic carbocycles. The Bertz CT molecular complexity index is 781. The highest BCUT2D eigenvalue weighted by atomic mass is 35.5.